The maximum Gasteiger partial charge on any atom is 0.309 e. The number of hydrogen-bond donors (Lipinski definition) is 1. The smallest absolute Gasteiger partial charge is 0.309 e. The topological polar surface area (TPSA) is 55.8 Å². The van der Waals surface area contributed by atoms with E-state index in [0.717, 1.165) is 5.56 Å². The molecule has 0 amide bonds. The molecule has 1 aromatic rings. The van der Waals surface area contributed by atoms with Crippen LogP contribution in [0.2, 0.25) is 0 Å². The van der Waals surface area contributed by atoms with Gasteiger partial charge in [0, 0.05) is 11.8 Å². The van der Waals surface area contributed by atoms with Crippen molar-refractivity contribution in [1.29, 1.82) is 0 Å². The van der Waals surface area contributed by atoms with Gasteiger partial charge in [0.1, 0.15) is 0 Å². The summed E-state index contributed by atoms with van der Waals surface area (Å²) in [6.45, 7) is 4.92. The average Bonchev–Trinajstić information content (AvgIpc) is 2.54. The molecule has 0 fully saturated rings. The van der Waals surface area contributed by atoms with E-state index in [1.54, 1.807) is 6.08 Å². The second kappa shape index (κ2) is 10.1. The summed E-state index contributed by atoms with van der Waals surface area (Å²) in [7, 11) is 1.36. The first-order valence-corrected chi connectivity index (χ1v) is 7.57. The second-order valence-electron chi connectivity index (χ2n) is 5.54. The van der Waals surface area contributed by atoms with Crippen LogP contribution in [0, 0.1) is 11.8 Å². The van der Waals surface area contributed by atoms with Crippen LogP contribution in [0.25, 0.3) is 0 Å². The van der Waals surface area contributed by atoms with Gasteiger partial charge in [-0.15, -0.1) is 0 Å². The molecule has 0 aliphatic rings. The van der Waals surface area contributed by atoms with Crippen molar-refractivity contribution in [2.45, 2.75) is 33.0 Å². The lowest BCUT2D eigenvalue weighted by atomic mass is 9.93. The molecule has 1 aromatic carbocycles. The lowest BCUT2D eigenvalue weighted by Crippen LogP contribution is -2.27. The Kier molecular flexibility index (Phi) is 8.48. The Balaban J connectivity index is 2.31. The van der Waals surface area contributed by atoms with E-state index < -0.39 is 6.10 Å². The van der Waals surface area contributed by atoms with Gasteiger partial charge in [-0.05, 0) is 5.56 Å². The molecule has 0 saturated carbocycles. The third-order valence-electron chi connectivity index (χ3n) is 3.57. The van der Waals surface area contributed by atoms with E-state index in [2.05, 4.69) is 4.74 Å². The zero-order valence-electron chi connectivity index (χ0n) is 13.6. The highest BCUT2D eigenvalue weighted by Crippen LogP contribution is 2.16. The number of esters is 1. The van der Waals surface area contributed by atoms with Crippen LogP contribution in [0.4, 0.5) is 0 Å². The van der Waals surface area contributed by atoms with Crippen LogP contribution in [-0.2, 0) is 20.9 Å². The number of carbonyl (C=O) groups is 1. The molecule has 0 saturated heterocycles. The lowest BCUT2D eigenvalue weighted by Gasteiger charge is -2.22. The Morgan fingerprint density at radius 3 is 2.59 bits per heavy atom. The third-order valence-corrected chi connectivity index (χ3v) is 3.57. The van der Waals surface area contributed by atoms with Gasteiger partial charge in [0.2, 0.25) is 0 Å². The molecule has 122 valence electrons. The maximum atomic E-state index is 11.0. The van der Waals surface area contributed by atoms with Crippen molar-refractivity contribution in [3.8, 4) is 0 Å². The first-order valence-electron chi connectivity index (χ1n) is 7.57. The van der Waals surface area contributed by atoms with Gasteiger partial charge in [-0.2, -0.15) is 0 Å². The summed E-state index contributed by atoms with van der Waals surface area (Å²) >= 11 is 0. The molecular formula is C18H26O4. The summed E-state index contributed by atoms with van der Waals surface area (Å²) in [5, 5.41) is 10.3. The zero-order chi connectivity index (χ0) is 16.4. The minimum atomic E-state index is -0.510. The summed E-state index contributed by atoms with van der Waals surface area (Å²) in [6.07, 6.45) is 3.29. The number of rotatable bonds is 9. The van der Waals surface area contributed by atoms with Gasteiger partial charge in [0.25, 0.3) is 0 Å². The van der Waals surface area contributed by atoms with Crippen molar-refractivity contribution in [3.63, 3.8) is 0 Å². The van der Waals surface area contributed by atoms with Crippen LogP contribution in [0.5, 0.6) is 0 Å². The summed E-state index contributed by atoms with van der Waals surface area (Å²) in [5.41, 5.74) is 1.12. The second-order valence-corrected chi connectivity index (χ2v) is 5.54. The predicted molar refractivity (Wildman–Crippen MR) is 86.2 cm³/mol. The van der Waals surface area contributed by atoms with Crippen LogP contribution in [0.3, 0.4) is 0 Å². The molecular weight excluding hydrogens is 280 g/mol. The van der Waals surface area contributed by atoms with E-state index in [9.17, 15) is 9.90 Å². The van der Waals surface area contributed by atoms with Crippen molar-refractivity contribution < 1.29 is 19.4 Å². The molecule has 0 radical (unpaired) electrons. The molecule has 0 aliphatic heterocycles. The minimum Gasteiger partial charge on any atom is -0.469 e. The van der Waals surface area contributed by atoms with Crippen molar-refractivity contribution in [2.24, 2.45) is 11.8 Å². The molecule has 0 bridgehead atoms. The normalized spacial score (nSPS) is 15.5. The average molecular weight is 306 g/mol. The highest BCUT2D eigenvalue weighted by atomic mass is 16.5. The van der Waals surface area contributed by atoms with E-state index in [0.29, 0.717) is 13.2 Å². The van der Waals surface area contributed by atoms with E-state index >= 15 is 0 Å². The Labute approximate surface area is 132 Å². The van der Waals surface area contributed by atoms with Gasteiger partial charge in [-0.3, -0.25) is 4.79 Å². The van der Waals surface area contributed by atoms with E-state index in [-0.39, 0.29) is 24.2 Å². The Morgan fingerprint density at radius 2 is 1.95 bits per heavy atom. The number of hydrogen-bond acceptors (Lipinski definition) is 4. The Bertz CT molecular complexity index is 455. The summed E-state index contributed by atoms with van der Waals surface area (Å²) in [6, 6.07) is 9.95. The quantitative estimate of drug-likeness (QED) is 0.563. The monoisotopic (exact) mass is 306 g/mol. The third kappa shape index (κ3) is 6.87. The van der Waals surface area contributed by atoms with Crippen LogP contribution < -0.4 is 0 Å². The molecule has 1 N–H and O–H groups in total. The molecule has 0 spiro atoms. The van der Waals surface area contributed by atoms with Crippen LogP contribution in [-0.4, -0.2) is 30.9 Å². The fourth-order valence-corrected chi connectivity index (χ4v) is 2.13. The molecule has 4 heteroatoms. The summed E-state index contributed by atoms with van der Waals surface area (Å²) in [4.78, 5) is 11.0. The van der Waals surface area contributed by atoms with Gasteiger partial charge in [-0.25, -0.2) is 0 Å². The van der Waals surface area contributed by atoms with Crippen molar-refractivity contribution in [1.82, 2.24) is 0 Å². The van der Waals surface area contributed by atoms with Crippen LogP contribution in [0.1, 0.15) is 25.8 Å². The van der Waals surface area contributed by atoms with Crippen molar-refractivity contribution >= 4 is 5.97 Å². The SMILES string of the molecule is COC(=O)C/C=C/[C@H](C)[C@@H](O)[C@@H](C)COCc1ccccc1. The molecule has 0 aliphatic carbocycles. The van der Waals surface area contributed by atoms with Gasteiger partial charge in [0.05, 0.1) is 32.8 Å². The first kappa shape index (κ1) is 18.4. The van der Waals surface area contributed by atoms with Gasteiger partial charge >= 0.3 is 5.97 Å². The van der Waals surface area contributed by atoms with Crippen molar-refractivity contribution in [2.75, 3.05) is 13.7 Å². The minimum absolute atomic E-state index is 0.0153. The Morgan fingerprint density at radius 1 is 1.27 bits per heavy atom. The van der Waals surface area contributed by atoms with Crippen LogP contribution >= 0.6 is 0 Å². The van der Waals surface area contributed by atoms with Crippen LogP contribution in [0.15, 0.2) is 42.5 Å². The summed E-state index contributed by atoms with van der Waals surface area (Å²) < 4.78 is 10.2. The maximum absolute atomic E-state index is 11.0. The van der Waals surface area contributed by atoms with Gasteiger partial charge in [-0.1, -0.05) is 56.3 Å². The number of benzene rings is 1. The molecule has 0 unspecified atom stereocenters. The zero-order valence-corrected chi connectivity index (χ0v) is 13.6. The van der Waals surface area contributed by atoms with E-state index in [1.807, 2.05) is 50.3 Å². The number of carbonyl (C=O) groups excluding carboxylic acids is 1. The number of aliphatic hydroxyl groups is 1. The lowest BCUT2D eigenvalue weighted by molar-refractivity contribution is -0.139. The van der Waals surface area contributed by atoms with E-state index in [1.165, 1.54) is 7.11 Å². The summed E-state index contributed by atoms with van der Waals surface area (Å²) in [5.74, 6) is -0.307. The van der Waals surface area contributed by atoms with Crippen molar-refractivity contribution in [3.05, 3.63) is 48.0 Å². The number of methoxy groups -OCH3 is 1. The largest absolute Gasteiger partial charge is 0.469 e. The number of ether oxygens (including phenoxy) is 2. The first-order chi connectivity index (χ1) is 10.5. The molecule has 1 rings (SSSR count). The predicted octanol–water partition coefficient (Wildman–Crippen LogP) is 2.96. The highest BCUT2D eigenvalue weighted by molar-refractivity contribution is 5.70. The standard InChI is InChI=1S/C18H26O4/c1-14(8-7-11-17(19)21-3)18(20)15(2)12-22-13-16-9-5-4-6-10-16/h4-10,14-15,18,20H,11-13H2,1-3H3/b8-7+/t14-,15-,18+/m0/s1. The fraction of sp³-hybridized carbons (Fsp3) is 0.500. The number of aliphatic hydroxyl groups excluding tert-OH is 1. The molecule has 4 nitrogen and oxygen atoms in total. The molecule has 0 heterocycles. The molecule has 22 heavy (non-hydrogen) atoms. The fourth-order valence-electron chi connectivity index (χ4n) is 2.13. The van der Waals surface area contributed by atoms with Gasteiger partial charge < -0.3 is 14.6 Å². The Hall–Kier alpha value is -1.65. The van der Waals surface area contributed by atoms with Gasteiger partial charge in [0.15, 0.2) is 0 Å². The van der Waals surface area contributed by atoms with E-state index in [4.69, 9.17) is 4.74 Å². The highest BCUT2D eigenvalue weighted by Gasteiger charge is 2.19. The molecule has 3 atom stereocenters. The molecule has 0 aromatic heterocycles.